The van der Waals surface area contributed by atoms with E-state index in [1.54, 1.807) is 22.3 Å². The van der Waals surface area contributed by atoms with Gasteiger partial charge < -0.3 is 0 Å². The second-order valence-corrected chi connectivity index (χ2v) is 37.2. The SMILES string of the molecule is CC[PH](CC)(Cc1ccccc1)[Zr]([CH2]c1ccccc1)([CH2]c1ccccc1)[CH2]c1ccccc1. The van der Waals surface area contributed by atoms with E-state index >= 15 is 0 Å². The van der Waals surface area contributed by atoms with Gasteiger partial charge in [0, 0.05) is 0 Å². The normalized spacial score (nSPS) is 12.4. The maximum atomic E-state index is 2.53. The zero-order valence-electron chi connectivity index (χ0n) is 20.8. The summed E-state index contributed by atoms with van der Waals surface area (Å²) in [5, 5.41) is 0. The van der Waals surface area contributed by atoms with E-state index in [1.807, 2.05) is 0 Å². The van der Waals surface area contributed by atoms with Crippen LogP contribution < -0.4 is 0 Å². The molecule has 0 saturated heterocycles. The molecule has 176 valence electrons. The van der Waals surface area contributed by atoms with Gasteiger partial charge in [-0.1, -0.05) is 0 Å². The molecule has 0 radical (unpaired) electrons. The molecule has 2 heteroatoms. The van der Waals surface area contributed by atoms with Crippen LogP contribution in [-0.2, 0) is 38.2 Å². The van der Waals surface area contributed by atoms with Crippen LogP contribution in [0.15, 0.2) is 121 Å². The summed E-state index contributed by atoms with van der Waals surface area (Å²) >= 11 is -2.90. The van der Waals surface area contributed by atoms with Gasteiger partial charge >= 0.3 is 213 Å². The van der Waals surface area contributed by atoms with E-state index in [-0.39, 0.29) is 0 Å². The minimum absolute atomic E-state index is 1.34. The Morgan fingerprint density at radius 3 is 1.03 bits per heavy atom. The third-order valence-electron chi connectivity index (χ3n) is 8.02. The summed E-state index contributed by atoms with van der Waals surface area (Å²) in [5.74, 6) is 0. The van der Waals surface area contributed by atoms with E-state index in [1.165, 1.54) is 30.9 Å². The van der Waals surface area contributed by atoms with Crippen molar-refractivity contribution >= 4 is 4.56 Å². The quantitative estimate of drug-likeness (QED) is 0.165. The average Bonchev–Trinajstić information content (AvgIpc) is 2.89. The number of benzene rings is 4. The van der Waals surface area contributed by atoms with Crippen LogP contribution >= 0.6 is 4.56 Å². The van der Waals surface area contributed by atoms with E-state index < -0.39 is 24.2 Å². The Balaban J connectivity index is 1.89. The molecule has 0 atom stereocenters. The molecule has 4 rings (SSSR count). The van der Waals surface area contributed by atoms with Crippen molar-refractivity contribution in [2.45, 2.75) is 32.4 Å². The molecule has 0 aromatic heterocycles. The summed E-state index contributed by atoms with van der Waals surface area (Å²) in [5.41, 5.74) is 6.26. The summed E-state index contributed by atoms with van der Waals surface area (Å²) in [6.07, 6.45) is 4.12. The van der Waals surface area contributed by atoms with Crippen LogP contribution in [0.5, 0.6) is 0 Å². The minimum atomic E-state index is -2.90. The Morgan fingerprint density at radius 1 is 0.441 bits per heavy atom. The third kappa shape index (κ3) is 6.05. The molecule has 0 aliphatic heterocycles. The molecule has 0 spiro atoms. The molecule has 0 unspecified atom stereocenters. The van der Waals surface area contributed by atoms with Crippen LogP contribution in [0.3, 0.4) is 0 Å². The molecule has 0 saturated carbocycles. The topological polar surface area (TPSA) is 0 Å². The van der Waals surface area contributed by atoms with Crippen molar-refractivity contribution in [2.75, 3.05) is 12.3 Å². The van der Waals surface area contributed by atoms with Crippen molar-refractivity contribution in [1.82, 2.24) is 0 Å². The van der Waals surface area contributed by atoms with E-state index in [4.69, 9.17) is 0 Å². The van der Waals surface area contributed by atoms with Crippen molar-refractivity contribution in [1.29, 1.82) is 0 Å². The van der Waals surface area contributed by atoms with Gasteiger partial charge in [0.15, 0.2) is 0 Å². The first kappa shape index (κ1) is 25.3. The summed E-state index contributed by atoms with van der Waals surface area (Å²) < 4.78 is 2.44. The molecule has 4 aromatic rings. The van der Waals surface area contributed by atoms with Crippen LogP contribution in [-0.4, -0.2) is 12.3 Å². The second kappa shape index (κ2) is 12.2. The third-order valence-corrected chi connectivity index (χ3v) is 48.3. The Morgan fingerprint density at radius 2 is 0.735 bits per heavy atom. The molecule has 0 aliphatic rings. The fourth-order valence-corrected chi connectivity index (χ4v) is 46.8. The van der Waals surface area contributed by atoms with Crippen LogP contribution in [0.25, 0.3) is 0 Å². The average molecular weight is 546 g/mol. The van der Waals surface area contributed by atoms with Gasteiger partial charge in [0.05, 0.1) is 0 Å². The van der Waals surface area contributed by atoms with Crippen LogP contribution in [0.1, 0.15) is 36.1 Å². The summed E-state index contributed by atoms with van der Waals surface area (Å²) in [4.78, 5) is 0. The number of hydrogen-bond donors (Lipinski definition) is 0. The standard InChI is InChI=1S/C11H17P.3C7H7.Zr/c1-3-12(4-2)10-11-8-6-5-7-9-11;3*1-7-5-3-2-4-6-7;/h5-9H,3-4,10H2,1-2H3;3*2-6H,1H2;/q;;;;-1/p+1. The Labute approximate surface area is 211 Å². The van der Waals surface area contributed by atoms with Crippen molar-refractivity contribution in [3.05, 3.63) is 144 Å². The molecule has 0 nitrogen and oxygen atoms in total. The summed E-state index contributed by atoms with van der Waals surface area (Å²) in [7, 11) is 0. The van der Waals surface area contributed by atoms with Gasteiger partial charge in [0.1, 0.15) is 0 Å². The molecule has 0 bridgehead atoms. The van der Waals surface area contributed by atoms with E-state index in [0.717, 1.165) is 0 Å². The van der Waals surface area contributed by atoms with E-state index in [0.29, 0.717) is 0 Å². The van der Waals surface area contributed by atoms with Gasteiger partial charge in [-0.15, -0.1) is 0 Å². The van der Waals surface area contributed by atoms with Gasteiger partial charge in [0.2, 0.25) is 0 Å². The first-order valence-electron chi connectivity index (χ1n) is 12.8. The van der Waals surface area contributed by atoms with Crippen LogP contribution in [0, 0.1) is 0 Å². The Hall–Kier alpha value is -1.81. The van der Waals surface area contributed by atoms with Crippen molar-refractivity contribution in [3.63, 3.8) is 0 Å². The van der Waals surface area contributed by atoms with Gasteiger partial charge in [-0.05, 0) is 0 Å². The first-order valence-corrected chi connectivity index (χ1v) is 24.4. The van der Waals surface area contributed by atoms with Crippen molar-refractivity contribution in [3.8, 4) is 0 Å². The summed E-state index contributed by atoms with van der Waals surface area (Å²) in [6, 6.07) is 45.8. The van der Waals surface area contributed by atoms with Crippen LogP contribution in [0.4, 0.5) is 0 Å². The monoisotopic (exact) mass is 544 g/mol. The molecule has 4 aromatic carbocycles. The Kier molecular flexibility index (Phi) is 9.11. The molecular formula is C32H39PZr. The zero-order chi connectivity index (χ0) is 23.7. The second-order valence-electron chi connectivity index (χ2n) is 9.92. The fourth-order valence-electron chi connectivity index (χ4n) is 6.13. The molecule has 0 N–H and O–H groups in total. The van der Waals surface area contributed by atoms with Crippen molar-refractivity contribution < 1.29 is 19.7 Å². The van der Waals surface area contributed by atoms with Gasteiger partial charge in [0.25, 0.3) is 0 Å². The molecule has 0 heterocycles. The predicted molar refractivity (Wildman–Crippen MR) is 150 cm³/mol. The van der Waals surface area contributed by atoms with Crippen molar-refractivity contribution in [2.24, 2.45) is 0 Å². The maximum absolute atomic E-state index is 2.90. The van der Waals surface area contributed by atoms with Gasteiger partial charge in [-0.25, -0.2) is 0 Å². The number of rotatable bonds is 11. The molecule has 0 fully saturated rings. The first-order chi connectivity index (χ1) is 16.7. The fraction of sp³-hybridized carbons (Fsp3) is 0.250. The summed E-state index contributed by atoms with van der Waals surface area (Å²) in [6.45, 7) is 5.07. The molecule has 34 heavy (non-hydrogen) atoms. The van der Waals surface area contributed by atoms with E-state index in [9.17, 15) is 0 Å². The molecule has 0 aliphatic carbocycles. The predicted octanol–water partition coefficient (Wildman–Crippen LogP) is 8.65. The van der Waals surface area contributed by atoms with E-state index in [2.05, 4.69) is 135 Å². The van der Waals surface area contributed by atoms with Crippen LogP contribution in [0.2, 0.25) is 0 Å². The van der Waals surface area contributed by atoms with Gasteiger partial charge in [-0.3, -0.25) is 0 Å². The Bertz CT molecular complexity index is 1010. The number of hydrogen-bond acceptors (Lipinski definition) is 0. The zero-order valence-corrected chi connectivity index (χ0v) is 24.2. The molecular weight excluding hydrogens is 507 g/mol. The van der Waals surface area contributed by atoms with Gasteiger partial charge in [-0.2, -0.15) is 0 Å². The molecule has 0 amide bonds.